The molecule has 1 aromatic carbocycles. The van der Waals surface area contributed by atoms with Crippen LogP contribution in [0.1, 0.15) is 19.4 Å². The minimum atomic E-state index is -0.189. The lowest BCUT2D eigenvalue weighted by Gasteiger charge is -2.35. The number of amides is 1. The lowest BCUT2D eigenvalue weighted by molar-refractivity contribution is -0.136. The summed E-state index contributed by atoms with van der Waals surface area (Å²) in [6.45, 7) is 7.87. The quantitative estimate of drug-likeness (QED) is 0.835. The Morgan fingerprint density at radius 3 is 2.53 bits per heavy atom. The highest BCUT2D eigenvalue weighted by atomic mass is 19.1. The van der Waals surface area contributed by atoms with E-state index < -0.39 is 0 Å². The Hall–Kier alpha value is -1.42. The Morgan fingerprint density at radius 1 is 1.26 bits per heavy atom. The molecule has 0 bridgehead atoms. The fraction of sp³-hybridized carbons (Fsp3) is 0.533. The number of piperazine rings is 1. The lowest BCUT2D eigenvalue weighted by atomic mass is 10.1. The maximum absolute atomic E-state index is 13.1. The topological polar surface area (TPSA) is 23.6 Å². The lowest BCUT2D eigenvalue weighted by Crippen LogP contribution is -2.49. The van der Waals surface area contributed by atoms with Gasteiger partial charge in [0.15, 0.2) is 0 Å². The number of benzene rings is 1. The minimum Gasteiger partial charge on any atom is -0.340 e. The fourth-order valence-electron chi connectivity index (χ4n) is 2.39. The van der Waals surface area contributed by atoms with Crippen LogP contribution in [0.15, 0.2) is 24.3 Å². The van der Waals surface area contributed by atoms with E-state index in [4.69, 9.17) is 0 Å². The molecule has 0 aliphatic carbocycles. The summed E-state index contributed by atoms with van der Waals surface area (Å²) in [6, 6.07) is 6.71. The highest BCUT2D eigenvalue weighted by molar-refractivity contribution is 5.78. The first-order valence-corrected chi connectivity index (χ1v) is 6.82. The van der Waals surface area contributed by atoms with Gasteiger partial charge in [-0.15, -0.1) is 0 Å². The molecule has 104 valence electrons. The van der Waals surface area contributed by atoms with Crippen molar-refractivity contribution >= 4 is 5.91 Å². The number of hydrogen-bond donors (Lipinski definition) is 0. The Morgan fingerprint density at radius 2 is 1.95 bits per heavy atom. The second-order valence-electron chi connectivity index (χ2n) is 5.39. The summed E-state index contributed by atoms with van der Waals surface area (Å²) in [6.07, 6.45) is 0. The third kappa shape index (κ3) is 3.77. The Labute approximate surface area is 114 Å². The minimum absolute atomic E-state index is 0.0646. The van der Waals surface area contributed by atoms with E-state index >= 15 is 0 Å². The van der Waals surface area contributed by atoms with E-state index in [2.05, 4.69) is 4.90 Å². The molecule has 2 rings (SSSR count). The average molecular weight is 264 g/mol. The molecule has 0 aromatic heterocycles. The smallest absolute Gasteiger partial charge is 0.225 e. The molecule has 0 spiro atoms. The van der Waals surface area contributed by atoms with Gasteiger partial charge in [0.2, 0.25) is 5.91 Å². The van der Waals surface area contributed by atoms with Crippen molar-refractivity contribution < 1.29 is 9.18 Å². The number of carbonyl (C=O) groups excluding carboxylic acids is 1. The van der Waals surface area contributed by atoms with Gasteiger partial charge in [0.1, 0.15) is 5.82 Å². The van der Waals surface area contributed by atoms with Crippen LogP contribution >= 0.6 is 0 Å². The van der Waals surface area contributed by atoms with Crippen LogP contribution < -0.4 is 0 Å². The molecule has 1 aromatic rings. The van der Waals surface area contributed by atoms with Crippen molar-refractivity contribution in [2.24, 2.45) is 5.92 Å². The Bertz CT molecular complexity index is 440. The zero-order valence-corrected chi connectivity index (χ0v) is 11.6. The van der Waals surface area contributed by atoms with Gasteiger partial charge in [0.05, 0.1) is 0 Å². The SMILES string of the molecule is CC(C)C(=O)N1CCN(Cc2cccc(F)c2)CC1. The predicted octanol–water partition coefficient (Wildman–Crippen LogP) is 2.13. The molecule has 1 amide bonds. The molecule has 1 aliphatic rings. The standard InChI is InChI=1S/C15H21FN2O/c1-12(2)15(19)18-8-6-17(7-9-18)11-13-4-3-5-14(16)10-13/h3-5,10,12H,6-9,11H2,1-2H3. The van der Waals surface area contributed by atoms with Crippen molar-refractivity contribution in [2.45, 2.75) is 20.4 Å². The highest BCUT2D eigenvalue weighted by Crippen LogP contribution is 2.11. The molecule has 1 fully saturated rings. The largest absolute Gasteiger partial charge is 0.340 e. The second kappa shape index (κ2) is 6.15. The third-order valence-corrected chi connectivity index (χ3v) is 3.47. The number of carbonyl (C=O) groups is 1. The molecule has 0 saturated carbocycles. The van der Waals surface area contributed by atoms with Gasteiger partial charge in [0, 0.05) is 38.6 Å². The van der Waals surface area contributed by atoms with E-state index in [1.165, 1.54) is 6.07 Å². The van der Waals surface area contributed by atoms with E-state index in [0.29, 0.717) is 0 Å². The van der Waals surface area contributed by atoms with Crippen molar-refractivity contribution in [2.75, 3.05) is 26.2 Å². The van der Waals surface area contributed by atoms with Crippen molar-refractivity contribution in [3.63, 3.8) is 0 Å². The van der Waals surface area contributed by atoms with Gasteiger partial charge in [-0.05, 0) is 17.7 Å². The van der Waals surface area contributed by atoms with E-state index in [1.807, 2.05) is 24.8 Å². The molecule has 0 atom stereocenters. The number of rotatable bonds is 3. The normalized spacial score (nSPS) is 16.9. The van der Waals surface area contributed by atoms with Crippen LogP contribution in [-0.2, 0) is 11.3 Å². The molecule has 1 heterocycles. The first-order valence-electron chi connectivity index (χ1n) is 6.82. The van der Waals surface area contributed by atoms with Crippen molar-refractivity contribution in [3.8, 4) is 0 Å². The number of nitrogens with zero attached hydrogens (tertiary/aromatic N) is 2. The van der Waals surface area contributed by atoms with E-state index in [0.717, 1.165) is 38.3 Å². The van der Waals surface area contributed by atoms with Gasteiger partial charge in [0.25, 0.3) is 0 Å². The van der Waals surface area contributed by atoms with Crippen molar-refractivity contribution in [3.05, 3.63) is 35.6 Å². The summed E-state index contributed by atoms with van der Waals surface area (Å²) in [5.41, 5.74) is 0.989. The zero-order chi connectivity index (χ0) is 13.8. The highest BCUT2D eigenvalue weighted by Gasteiger charge is 2.22. The molecule has 1 saturated heterocycles. The fourth-order valence-corrected chi connectivity index (χ4v) is 2.39. The van der Waals surface area contributed by atoms with Crippen LogP contribution in [-0.4, -0.2) is 41.9 Å². The Balaban J connectivity index is 1.85. The average Bonchev–Trinajstić information content (AvgIpc) is 2.39. The summed E-state index contributed by atoms with van der Waals surface area (Å²) in [5.74, 6) is 0.103. The van der Waals surface area contributed by atoms with Gasteiger partial charge in [-0.3, -0.25) is 9.69 Å². The summed E-state index contributed by atoms with van der Waals surface area (Å²) in [4.78, 5) is 16.1. The maximum atomic E-state index is 13.1. The third-order valence-electron chi connectivity index (χ3n) is 3.47. The van der Waals surface area contributed by atoms with Crippen LogP contribution in [0.25, 0.3) is 0 Å². The van der Waals surface area contributed by atoms with Gasteiger partial charge < -0.3 is 4.90 Å². The Kier molecular flexibility index (Phi) is 4.53. The molecule has 0 N–H and O–H groups in total. The first kappa shape index (κ1) is 14.0. The summed E-state index contributed by atoms with van der Waals surface area (Å²) < 4.78 is 13.1. The van der Waals surface area contributed by atoms with Crippen LogP contribution in [0.4, 0.5) is 4.39 Å². The zero-order valence-electron chi connectivity index (χ0n) is 11.6. The monoisotopic (exact) mass is 264 g/mol. The predicted molar refractivity (Wildman–Crippen MR) is 73.1 cm³/mol. The summed E-state index contributed by atoms with van der Waals surface area (Å²) in [5, 5.41) is 0. The van der Waals surface area contributed by atoms with Gasteiger partial charge in [-0.1, -0.05) is 26.0 Å². The molecule has 0 radical (unpaired) electrons. The van der Waals surface area contributed by atoms with E-state index in [1.54, 1.807) is 12.1 Å². The summed E-state index contributed by atoms with van der Waals surface area (Å²) >= 11 is 0. The van der Waals surface area contributed by atoms with Gasteiger partial charge >= 0.3 is 0 Å². The van der Waals surface area contributed by atoms with Crippen LogP contribution in [0, 0.1) is 11.7 Å². The molecule has 1 aliphatic heterocycles. The molecular formula is C15H21FN2O. The molecular weight excluding hydrogens is 243 g/mol. The second-order valence-corrected chi connectivity index (χ2v) is 5.39. The molecule has 3 nitrogen and oxygen atoms in total. The molecule has 4 heteroatoms. The van der Waals surface area contributed by atoms with Crippen molar-refractivity contribution in [1.82, 2.24) is 9.80 Å². The number of hydrogen-bond acceptors (Lipinski definition) is 2. The van der Waals surface area contributed by atoms with Gasteiger partial charge in [-0.2, -0.15) is 0 Å². The first-order chi connectivity index (χ1) is 9.06. The van der Waals surface area contributed by atoms with Crippen LogP contribution in [0.2, 0.25) is 0 Å². The van der Waals surface area contributed by atoms with Crippen LogP contribution in [0.3, 0.4) is 0 Å². The van der Waals surface area contributed by atoms with Gasteiger partial charge in [-0.25, -0.2) is 4.39 Å². The molecule has 19 heavy (non-hydrogen) atoms. The van der Waals surface area contributed by atoms with E-state index in [9.17, 15) is 9.18 Å². The maximum Gasteiger partial charge on any atom is 0.225 e. The molecule has 0 unspecified atom stereocenters. The van der Waals surface area contributed by atoms with E-state index in [-0.39, 0.29) is 17.6 Å². The number of halogens is 1. The van der Waals surface area contributed by atoms with Crippen molar-refractivity contribution in [1.29, 1.82) is 0 Å². The van der Waals surface area contributed by atoms with Crippen LogP contribution in [0.5, 0.6) is 0 Å². The summed E-state index contributed by atoms with van der Waals surface area (Å²) in [7, 11) is 0.